The van der Waals surface area contributed by atoms with Crippen molar-refractivity contribution >= 4 is 34.8 Å². The van der Waals surface area contributed by atoms with E-state index in [1.54, 1.807) is 43.3 Å². The summed E-state index contributed by atoms with van der Waals surface area (Å²) in [7, 11) is 0. The molecule has 0 aromatic heterocycles. The maximum Gasteiger partial charge on any atom is 0.265 e. The molecule has 1 atom stereocenters. The highest BCUT2D eigenvalue weighted by molar-refractivity contribution is 6.31. The number of benzene rings is 2. The topological polar surface area (TPSA) is 38.3 Å². The van der Waals surface area contributed by atoms with Crippen molar-refractivity contribution in [2.24, 2.45) is 0 Å². The Morgan fingerprint density at radius 2 is 1.91 bits per heavy atom. The standard InChI is InChI=1S/C17H17Cl2NO2/c1-10-9-13(18)7-8-16(10)22-12(3)17(21)20-15-6-4-5-14(19)11(15)2/h4-9,12H,1-3H3,(H,20,21)/t12-/m1/s1. The van der Waals surface area contributed by atoms with Gasteiger partial charge in [0.2, 0.25) is 0 Å². The van der Waals surface area contributed by atoms with E-state index in [4.69, 9.17) is 27.9 Å². The van der Waals surface area contributed by atoms with Crippen molar-refractivity contribution in [1.29, 1.82) is 0 Å². The predicted molar refractivity (Wildman–Crippen MR) is 91.1 cm³/mol. The molecule has 22 heavy (non-hydrogen) atoms. The summed E-state index contributed by atoms with van der Waals surface area (Å²) in [6, 6.07) is 10.7. The second-order valence-corrected chi connectivity index (χ2v) is 5.92. The van der Waals surface area contributed by atoms with Gasteiger partial charge in [-0.1, -0.05) is 29.3 Å². The smallest absolute Gasteiger partial charge is 0.265 e. The molecule has 0 bridgehead atoms. The van der Waals surface area contributed by atoms with E-state index in [2.05, 4.69) is 5.32 Å². The molecule has 1 amide bonds. The van der Waals surface area contributed by atoms with Gasteiger partial charge in [0, 0.05) is 15.7 Å². The minimum absolute atomic E-state index is 0.236. The van der Waals surface area contributed by atoms with Gasteiger partial charge in [0.05, 0.1) is 0 Å². The number of nitrogens with one attached hydrogen (secondary N) is 1. The van der Waals surface area contributed by atoms with Crippen LogP contribution in [0, 0.1) is 13.8 Å². The van der Waals surface area contributed by atoms with Gasteiger partial charge in [0.1, 0.15) is 5.75 Å². The predicted octanol–water partition coefficient (Wildman–Crippen LogP) is 5.02. The van der Waals surface area contributed by atoms with Crippen molar-refractivity contribution < 1.29 is 9.53 Å². The van der Waals surface area contributed by atoms with E-state index < -0.39 is 6.10 Å². The zero-order valence-corrected chi connectivity index (χ0v) is 14.1. The van der Waals surface area contributed by atoms with Gasteiger partial charge >= 0.3 is 0 Å². The zero-order chi connectivity index (χ0) is 16.3. The molecule has 0 aliphatic heterocycles. The summed E-state index contributed by atoms with van der Waals surface area (Å²) >= 11 is 12.0. The van der Waals surface area contributed by atoms with Gasteiger partial charge in [0.15, 0.2) is 6.10 Å². The molecule has 0 aliphatic carbocycles. The molecule has 3 nitrogen and oxygen atoms in total. The van der Waals surface area contributed by atoms with Gasteiger partial charge in [-0.2, -0.15) is 0 Å². The zero-order valence-electron chi connectivity index (χ0n) is 12.6. The summed E-state index contributed by atoms with van der Waals surface area (Å²) in [5.74, 6) is 0.398. The van der Waals surface area contributed by atoms with E-state index in [0.717, 1.165) is 11.1 Å². The molecule has 1 N–H and O–H groups in total. The molecule has 0 aliphatic rings. The van der Waals surface area contributed by atoms with Crippen LogP contribution in [0.3, 0.4) is 0 Å². The largest absolute Gasteiger partial charge is 0.481 e. The van der Waals surface area contributed by atoms with E-state index in [0.29, 0.717) is 21.5 Å². The molecule has 2 aromatic rings. The molecule has 5 heteroatoms. The third-order valence-corrected chi connectivity index (χ3v) is 3.98. The summed E-state index contributed by atoms with van der Waals surface area (Å²) in [6.45, 7) is 5.43. The van der Waals surface area contributed by atoms with Crippen molar-refractivity contribution in [3.8, 4) is 5.75 Å². The first-order chi connectivity index (χ1) is 10.4. The fourth-order valence-corrected chi connectivity index (χ4v) is 2.37. The highest BCUT2D eigenvalue weighted by Crippen LogP contribution is 2.25. The van der Waals surface area contributed by atoms with Gasteiger partial charge in [-0.25, -0.2) is 0 Å². The second-order valence-electron chi connectivity index (χ2n) is 5.07. The van der Waals surface area contributed by atoms with Gasteiger partial charge in [0.25, 0.3) is 5.91 Å². The highest BCUT2D eigenvalue weighted by atomic mass is 35.5. The van der Waals surface area contributed by atoms with Crippen molar-refractivity contribution in [2.45, 2.75) is 26.9 Å². The fraction of sp³-hybridized carbons (Fsp3) is 0.235. The van der Waals surface area contributed by atoms with Gasteiger partial charge in [-0.15, -0.1) is 0 Å². The molecule has 0 spiro atoms. The number of rotatable bonds is 4. The molecule has 0 unspecified atom stereocenters. The summed E-state index contributed by atoms with van der Waals surface area (Å²) in [4.78, 5) is 12.3. The van der Waals surface area contributed by atoms with Crippen LogP contribution in [0.1, 0.15) is 18.1 Å². The Morgan fingerprint density at radius 3 is 2.59 bits per heavy atom. The van der Waals surface area contributed by atoms with Crippen molar-refractivity contribution in [3.63, 3.8) is 0 Å². The SMILES string of the molecule is Cc1cc(Cl)ccc1O[C@H](C)C(=O)Nc1cccc(Cl)c1C. The molecular formula is C17H17Cl2NO2. The first-order valence-corrected chi connectivity index (χ1v) is 7.63. The first kappa shape index (κ1) is 16.7. The lowest BCUT2D eigenvalue weighted by atomic mass is 10.2. The van der Waals surface area contributed by atoms with Crippen LogP contribution in [0.2, 0.25) is 10.0 Å². The molecule has 0 fully saturated rings. The monoisotopic (exact) mass is 337 g/mol. The quantitative estimate of drug-likeness (QED) is 0.850. The average Bonchev–Trinajstić information content (AvgIpc) is 2.46. The average molecular weight is 338 g/mol. The minimum atomic E-state index is -0.641. The third-order valence-electron chi connectivity index (χ3n) is 3.34. The Hall–Kier alpha value is -1.71. The fourth-order valence-electron chi connectivity index (χ4n) is 1.97. The Bertz CT molecular complexity index is 701. The maximum atomic E-state index is 12.3. The lowest BCUT2D eigenvalue weighted by Gasteiger charge is -2.17. The van der Waals surface area contributed by atoms with Crippen LogP contribution >= 0.6 is 23.2 Å². The van der Waals surface area contributed by atoms with E-state index >= 15 is 0 Å². The Labute approximate surface area is 140 Å². The number of amides is 1. The third kappa shape index (κ3) is 3.93. The van der Waals surface area contributed by atoms with Gasteiger partial charge in [-0.3, -0.25) is 4.79 Å². The lowest BCUT2D eigenvalue weighted by molar-refractivity contribution is -0.122. The lowest BCUT2D eigenvalue weighted by Crippen LogP contribution is -2.30. The van der Waals surface area contributed by atoms with Crippen molar-refractivity contribution in [2.75, 3.05) is 5.32 Å². The van der Waals surface area contributed by atoms with Crippen LogP contribution in [-0.4, -0.2) is 12.0 Å². The van der Waals surface area contributed by atoms with Gasteiger partial charge in [-0.05, 0) is 62.2 Å². The van der Waals surface area contributed by atoms with Crippen LogP contribution in [-0.2, 0) is 4.79 Å². The molecule has 2 rings (SSSR count). The molecule has 0 radical (unpaired) electrons. The number of ether oxygens (including phenoxy) is 1. The number of aryl methyl sites for hydroxylation is 1. The summed E-state index contributed by atoms with van der Waals surface area (Å²) in [6.07, 6.45) is -0.641. The van der Waals surface area contributed by atoms with E-state index in [-0.39, 0.29) is 5.91 Å². The minimum Gasteiger partial charge on any atom is -0.481 e. The summed E-state index contributed by atoms with van der Waals surface area (Å²) in [5, 5.41) is 4.07. The second kappa shape index (κ2) is 7.03. The number of anilines is 1. The Balaban J connectivity index is 2.07. The van der Waals surface area contributed by atoms with Crippen molar-refractivity contribution in [3.05, 3.63) is 57.6 Å². The van der Waals surface area contributed by atoms with E-state index in [9.17, 15) is 4.79 Å². The molecular weight excluding hydrogens is 321 g/mol. The van der Waals surface area contributed by atoms with Gasteiger partial charge < -0.3 is 10.1 Å². The number of carbonyl (C=O) groups excluding carboxylic acids is 1. The normalized spacial score (nSPS) is 11.9. The van der Waals surface area contributed by atoms with E-state index in [1.807, 2.05) is 13.8 Å². The van der Waals surface area contributed by atoms with Crippen molar-refractivity contribution in [1.82, 2.24) is 0 Å². The molecule has 116 valence electrons. The molecule has 0 saturated carbocycles. The highest BCUT2D eigenvalue weighted by Gasteiger charge is 2.17. The van der Waals surface area contributed by atoms with Crippen LogP contribution in [0.15, 0.2) is 36.4 Å². The van der Waals surface area contributed by atoms with Crippen LogP contribution in [0.5, 0.6) is 5.75 Å². The number of hydrogen-bond acceptors (Lipinski definition) is 2. The van der Waals surface area contributed by atoms with Crippen LogP contribution in [0.25, 0.3) is 0 Å². The number of halogens is 2. The Morgan fingerprint density at radius 1 is 1.18 bits per heavy atom. The molecule has 0 heterocycles. The molecule has 2 aromatic carbocycles. The van der Waals surface area contributed by atoms with E-state index in [1.165, 1.54) is 0 Å². The number of hydrogen-bond donors (Lipinski definition) is 1. The Kier molecular flexibility index (Phi) is 5.33. The first-order valence-electron chi connectivity index (χ1n) is 6.87. The molecule has 0 saturated heterocycles. The van der Waals surface area contributed by atoms with Crippen LogP contribution < -0.4 is 10.1 Å². The maximum absolute atomic E-state index is 12.3. The summed E-state index contributed by atoms with van der Waals surface area (Å²) < 4.78 is 5.70. The summed E-state index contributed by atoms with van der Waals surface area (Å²) in [5.41, 5.74) is 2.39. The van der Waals surface area contributed by atoms with Crippen LogP contribution in [0.4, 0.5) is 5.69 Å². The number of carbonyl (C=O) groups is 1.